The molecule has 148 valence electrons. The van der Waals surface area contributed by atoms with Crippen LogP contribution in [0.25, 0.3) is 0 Å². The van der Waals surface area contributed by atoms with Gasteiger partial charge in [0.2, 0.25) is 5.91 Å². The fraction of sp³-hybridized carbons (Fsp3) is 0.526. The average Bonchev–Trinajstić information content (AvgIpc) is 2.85. The van der Waals surface area contributed by atoms with Gasteiger partial charge < -0.3 is 10.6 Å². The van der Waals surface area contributed by atoms with Gasteiger partial charge in [0.05, 0.1) is 17.7 Å². The molecule has 7 nitrogen and oxygen atoms in total. The maximum atomic E-state index is 12.3. The van der Waals surface area contributed by atoms with E-state index in [0.29, 0.717) is 23.4 Å². The second kappa shape index (κ2) is 9.30. The van der Waals surface area contributed by atoms with Crippen LogP contribution in [0.4, 0.5) is 5.69 Å². The van der Waals surface area contributed by atoms with Crippen molar-refractivity contribution >= 4 is 35.8 Å². The minimum absolute atomic E-state index is 0. The van der Waals surface area contributed by atoms with Crippen LogP contribution in [-0.2, 0) is 4.79 Å². The van der Waals surface area contributed by atoms with Crippen molar-refractivity contribution < 1.29 is 14.4 Å². The maximum Gasteiger partial charge on any atom is 0.261 e. The molecule has 2 N–H and O–H groups in total. The number of carbonyl (C=O) groups excluding carboxylic acids is 3. The van der Waals surface area contributed by atoms with Gasteiger partial charge in [-0.1, -0.05) is 0 Å². The number of anilines is 1. The van der Waals surface area contributed by atoms with Gasteiger partial charge in [0, 0.05) is 12.7 Å². The van der Waals surface area contributed by atoms with Crippen LogP contribution in [0, 0.1) is 5.92 Å². The number of imide groups is 1. The monoisotopic (exact) mass is 394 g/mol. The number of fused-ring (bicyclic) bond motifs is 1. The third-order valence-corrected chi connectivity index (χ3v) is 5.25. The van der Waals surface area contributed by atoms with Gasteiger partial charge >= 0.3 is 0 Å². The number of carbonyl (C=O) groups is 3. The molecule has 27 heavy (non-hydrogen) atoms. The Balaban J connectivity index is 0.00000261. The molecule has 3 amide bonds. The van der Waals surface area contributed by atoms with E-state index in [-0.39, 0.29) is 30.1 Å². The van der Waals surface area contributed by atoms with E-state index in [9.17, 15) is 14.4 Å². The zero-order valence-electron chi connectivity index (χ0n) is 15.8. The van der Waals surface area contributed by atoms with Gasteiger partial charge in [-0.05, 0) is 70.1 Å². The predicted molar refractivity (Wildman–Crippen MR) is 106 cm³/mol. The zero-order valence-corrected chi connectivity index (χ0v) is 16.6. The van der Waals surface area contributed by atoms with Crippen molar-refractivity contribution in [3.8, 4) is 0 Å². The number of hydrogen-bond acceptors (Lipinski definition) is 5. The van der Waals surface area contributed by atoms with E-state index in [2.05, 4.69) is 15.5 Å². The first-order chi connectivity index (χ1) is 12.5. The topological polar surface area (TPSA) is 81.8 Å². The summed E-state index contributed by atoms with van der Waals surface area (Å²) in [5.41, 5.74) is 1.29. The normalized spacial score (nSPS) is 17.6. The van der Waals surface area contributed by atoms with Gasteiger partial charge in [0.15, 0.2) is 0 Å². The molecule has 0 saturated carbocycles. The molecule has 0 atom stereocenters. The van der Waals surface area contributed by atoms with E-state index >= 15 is 0 Å². The zero-order chi connectivity index (χ0) is 18.7. The van der Waals surface area contributed by atoms with E-state index in [4.69, 9.17) is 0 Å². The Kier molecular flexibility index (Phi) is 7.35. The Hall–Kier alpha value is -1.96. The summed E-state index contributed by atoms with van der Waals surface area (Å²) in [4.78, 5) is 39.5. The van der Waals surface area contributed by atoms with Gasteiger partial charge in [-0.25, -0.2) is 0 Å². The summed E-state index contributed by atoms with van der Waals surface area (Å²) in [6.07, 6.45) is 3.43. The summed E-state index contributed by atoms with van der Waals surface area (Å²) >= 11 is 0. The van der Waals surface area contributed by atoms with Crippen molar-refractivity contribution in [3.63, 3.8) is 0 Å². The summed E-state index contributed by atoms with van der Waals surface area (Å²) in [7, 11) is 3.43. The molecule has 0 aliphatic carbocycles. The highest BCUT2D eigenvalue weighted by atomic mass is 35.5. The van der Waals surface area contributed by atoms with E-state index in [1.165, 1.54) is 13.5 Å². The van der Waals surface area contributed by atoms with Crippen molar-refractivity contribution in [2.75, 3.05) is 45.6 Å². The molecule has 0 radical (unpaired) electrons. The molecule has 3 rings (SSSR count). The number of rotatable bonds is 6. The highest BCUT2D eigenvalue weighted by Gasteiger charge is 2.32. The third-order valence-electron chi connectivity index (χ3n) is 5.25. The Labute approximate surface area is 165 Å². The van der Waals surface area contributed by atoms with Crippen LogP contribution in [0.5, 0.6) is 0 Å². The number of hydrogen-bond donors (Lipinski definition) is 2. The highest BCUT2D eigenvalue weighted by Crippen LogP contribution is 2.25. The molecular formula is C19H27ClN4O3. The van der Waals surface area contributed by atoms with Crippen LogP contribution < -0.4 is 10.6 Å². The first-order valence-electron chi connectivity index (χ1n) is 9.13. The molecule has 1 saturated heterocycles. The molecule has 1 aromatic rings. The lowest BCUT2D eigenvalue weighted by Gasteiger charge is -2.31. The lowest BCUT2D eigenvalue weighted by Crippen LogP contribution is -2.39. The highest BCUT2D eigenvalue weighted by molar-refractivity contribution is 6.21. The summed E-state index contributed by atoms with van der Waals surface area (Å²) in [5.74, 6) is 0.0107. The van der Waals surface area contributed by atoms with Crippen molar-refractivity contribution in [2.24, 2.45) is 5.92 Å². The van der Waals surface area contributed by atoms with E-state index < -0.39 is 0 Å². The first kappa shape index (κ1) is 21.3. The fourth-order valence-electron chi connectivity index (χ4n) is 3.62. The lowest BCUT2D eigenvalue weighted by atomic mass is 9.93. The first-order valence-corrected chi connectivity index (χ1v) is 9.13. The number of benzene rings is 1. The predicted octanol–water partition coefficient (Wildman–Crippen LogP) is 1.59. The van der Waals surface area contributed by atoms with Gasteiger partial charge in [0.1, 0.15) is 0 Å². The van der Waals surface area contributed by atoms with Gasteiger partial charge in [-0.15, -0.1) is 12.4 Å². The lowest BCUT2D eigenvalue weighted by molar-refractivity contribution is -0.117. The largest absolute Gasteiger partial charge is 0.325 e. The number of amides is 3. The second-order valence-electron chi connectivity index (χ2n) is 7.09. The van der Waals surface area contributed by atoms with Crippen molar-refractivity contribution in [2.45, 2.75) is 19.3 Å². The van der Waals surface area contributed by atoms with Crippen LogP contribution >= 0.6 is 12.4 Å². The van der Waals surface area contributed by atoms with Crippen LogP contribution in [-0.4, -0.2) is 67.8 Å². The van der Waals surface area contributed by atoms with Crippen LogP contribution in [0.2, 0.25) is 0 Å². The Morgan fingerprint density at radius 1 is 1.15 bits per heavy atom. The van der Waals surface area contributed by atoms with Crippen molar-refractivity contribution in [1.29, 1.82) is 0 Å². The quantitative estimate of drug-likeness (QED) is 0.716. The minimum Gasteiger partial charge on any atom is -0.325 e. The standard InChI is InChI=1S/C19H26N4O3.ClH/c1-20-8-5-13-6-9-23(10-7-13)12-17(24)21-14-3-4-15-16(11-14)19(26)22(2)18(15)25;/h3-4,11,13,20H,5-10,12H2,1-2H3,(H,21,24);1H. The molecule has 0 aromatic heterocycles. The Morgan fingerprint density at radius 3 is 2.48 bits per heavy atom. The van der Waals surface area contributed by atoms with Gasteiger partial charge in [-0.2, -0.15) is 0 Å². The molecular weight excluding hydrogens is 368 g/mol. The molecule has 2 aliphatic rings. The smallest absolute Gasteiger partial charge is 0.261 e. The van der Waals surface area contributed by atoms with Gasteiger partial charge in [-0.3, -0.25) is 24.2 Å². The van der Waals surface area contributed by atoms with Gasteiger partial charge in [0.25, 0.3) is 11.8 Å². The third kappa shape index (κ3) is 4.86. The fourth-order valence-corrected chi connectivity index (χ4v) is 3.62. The molecule has 0 bridgehead atoms. The Bertz CT molecular complexity index is 717. The Morgan fingerprint density at radius 2 is 1.81 bits per heavy atom. The summed E-state index contributed by atoms with van der Waals surface area (Å²) < 4.78 is 0. The second-order valence-corrected chi connectivity index (χ2v) is 7.09. The number of likely N-dealkylation sites (tertiary alicyclic amines) is 1. The number of halogens is 1. The molecule has 0 unspecified atom stereocenters. The maximum absolute atomic E-state index is 12.3. The van der Waals surface area contributed by atoms with Crippen LogP contribution in [0.3, 0.4) is 0 Å². The summed E-state index contributed by atoms with van der Waals surface area (Å²) in [6.45, 7) is 3.26. The molecule has 1 aromatic carbocycles. The molecule has 0 spiro atoms. The number of piperidine rings is 1. The number of nitrogens with zero attached hydrogens (tertiary/aromatic N) is 2. The summed E-state index contributed by atoms with van der Waals surface area (Å²) in [6, 6.07) is 4.86. The van der Waals surface area contributed by atoms with E-state index in [0.717, 1.165) is 43.3 Å². The van der Waals surface area contributed by atoms with Crippen LogP contribution in [0.1, 0.15) is 40.0 Å². The molecule has 2 heterocycles. The molecule has 8 heteroatoms. The van der Waals surface area contributed by atoms with E-state index in [1.807, 2.05) is 7.05 Å². The number of nitrogens with one attached hydrogen (secondary N) is 2. The van der Waals surface area contributed by atoms with Crippen molar-refractivity contribution in [1.82, 2.24) is 15.1 Å². The molecule has 2 aliphatic heterocycles. The van der Waals surface area contributed by atoms with E-state index in [1.54, 1.807) is 18.2 Å². The SMILES string of the molecule is CNCCC1CCN(CC(=O)Nc2ccc3c(c2)C(=O)N(C)C3=O)CC1.Cl. The summed E-state index contributed by atoms with van der Waals surface area (Å²) in [5, 5.41) is 6.03. The van der Waals surface area contributed by atoms with Crippen molar-refractivity contribution in [3.05, 3.63) is 29.3 Å². The molecule has 1 fully saturated rings. The minimum atomic E-state index is -0.329. The van der Waals surface area contributed by atoms with Crippen LogP contribution in [0.15, 0.2) is 18.2 Å². The average molecular weight is 395 g/mol.